The third-order valence-corrected chi connectivity index (χ3v) is 3.60. The topological polar surface area (TPSA) is 66.9 Å². The summed E-state index contributed by atoms with van der Waals surface area (Å²) in [4.78, 5) is 20.7. The van der Waals surface area contributed by atoms with Gasteiger partial charge in [-0.2, -0.15) is 13.2 Å². The van der Waals surface area contributed by atoms with Crippen molar-refractivity contribution in [2.24, 2.45) is 0 Å². The number of halogens is 3. The summed E-state index contributed by atoms with van der Waals surface area (Å²) in [6, 6.07) is 15.3. The van der Waals surface area contributed by atoms with Crippen molar-refractivity contribution in [2.75, 3.05) is 10.6 Å². The number of nitrogens with zero attached hydrogens (tertiary/aromatic N) is 2. The third kappa shape index (κ3) is 4.60. The van der Waals surface area contributed by atoms with Crippen molar-refractivity contribution in [3.8, 4) is 0 Å². The van der Waals surface area contributed by atoms with Crippen molar-refractivity contribution in [1.82, 2.24) is 9.97 Å². The maximum atomic E-state index is 13.1. The minimum atomic E-state index is -4.58. The van der Waals surface area contributed by atoms with Crippen molar-refractivity contribution in [3.63, 3.8) is 0 Å². The molecule has 1 amide bonds. The van der Waals surface area contributed by atoms with Crippen molar-refractivity contribution in [2.45, 2.75) is 13.1 Å². The van der Waals surface area contributed by atoms with E-state index in [1.54, 1.807) is 6.92 Å². The van der Waals surface area contributed by atoms with Crippen LogP contribution >= 0.6 is 0 Å². The largest absolute Gasteiger partial charge is 0.418 e. The number of nitrogens with one attached hydrogen (secondary N) is 2. The van der Waals surface area contributed by atoms with E-state index in [9.17, 15) is 18.0 Å². The second-order valence-electron chi connectivity index (χ2n) is 5.67. The Morgan fingerprint density at radius 2 is 1.63 bits per heavy atom. The van der Waals surface area contributed by atoms with E-state index in [0.29, 0.717) is 11.6 Å². The molecular weight excluding hydrogens is 357 g/mol. The van der Waals surface area contributed by atoms with Crippen LogP contribution in [0.25, 0.3) is 0 Å². The molecule has 138 valence electrons. The summed E-state index contributed by atoms with van der Waals surface area (Å²) in [5.74, 6) is -0.0820. The zero-order chi connectivity index (χ0) is 19.4. The molecule has 1 heterocycles. The number of para-hydroxylation sites is 2. The summed E-state index contributed by atoms with van der Waals surface area (Å²) in [7, 11) is 0. The Hall–Kier alpha value is -3.42. The Bertz CT molecular complexity index is 959. The molecule has 5 nitrogen and oxygen atoms in total. The Morgan fingerprint density at radius 3 is 2.33 bits per heavy atom. The van der Waals surface area contributed by atoms with Crippen LogP contribution < -0.4 is 10.6 Å². The van der Waals surface area contributed by atoms with E-state index < -0.39 is 17.6 Å². The molecule has 0 bridgehead atoms. The van der Waals surface area contributed by atoms with E-state index >= 15 is 0 Å². The van der Waals surface area contributed by atoms with Gasteiger partial charge in [0.2, 0.25) is 0 Å². The fourth-order valence-corrected chi connectivity index (χ4v) is 2.44. The molecule has 0 saturated heterocycles. The lowest BCUT2D eigenvalue weighted by molar-refractivity contribution is -0.136. The van der Waals surface area contributed by atoms with Gasteiger partial charge in [0.25, 0.3) is 5.91 Å². The van der Waals surface area contributed by atoms with Gasteiger partial charge in [0, 0.05) is 11.8 Å². The van der Waals surface area contributed by atoms with Gasteiger partial charge >= 0.3 is 6.18 Å². The van der Waals surface area contributed by atoms with Gasteiger partial charge in [-0.1, -0.05) is 30.3 Å². The van der Waals surface area contributed by atoms with Gasteiger partial charge < -0.3 is 10.6 Å². The lowest BCUT2D eigenvalue weighted by Gasteiger charge is -2.14. The lowest BCUT2D eigenvalue weighted by Crippen LogP contribution is -2.18. The number of aryl methyl sites for hydroxylation is 1. The first-order chi connectivity index (χ1) is 12.8. The molecular formula is C19H15F3N4O. The molecule has 0 atom stereocenters. The number of alkyl halides is 3. The fraction of sp³-hybridized carbons (Fsp3) is 0.105. The summed E-state index contributed by atoms with van der Waals surface area (Å²) in [6.07, 6.45) is -4.58. The molecule has 0 fully saturated rings. The zero-order valence-electron chi connectivity index (χ0n) is 14.2. The third-order valence-electron chi connectivity index (χ3n) is 3.60. The van der Waals surface area contributed by atoms with Crippen molar-refractivity contribution in [3.05, 3.63) is 77.7 Å². The number of benzene rings is 2. The second kappa shape index (κ2) is 7.45. The Morgan fingerprint density at radius 1 is 0.963 bits per heavy atom. The van der Waals surface area contributed by atoms with Crippen LogP contribution in [0.3, 0.4) is 0 Å². The molecule has 0 radical (unpaired) electrons. The predicted octanol–water partition coefficient (Wildman–Crippen LogP) is 4.80. The van der Waals surface area contributed by atoms with E-state index in [2.05, 4.69) is 20.6 Å². The minimum Gasteiger partial charge on any atom is -0.340 e. The number of carbonyl (C=O) groups excluding carboxylic acids is 1. The van der Waals surface area contributed by atoms with Gasteiger partial charge in [0.05, 0.1) is 11.3 Å². The standard InChI is InChI=1S/C19H15F3N4O/c1-12-23-16(11-17(24-12)25-13-7-3-2-4-8-13)18(27)26-15-10-6-5-9-14(15)19(20,21)22/h2-11H,1H3,(H,26,27)(H,23,24,25). The van der Waals surface area contributed by atoms with Crippen LogP contribution in [-0.4, -0.2) is 15.9 Å². The second-order valence-corrected chi connectivity index (χ2v) is 5.67. The van der Waals surface area contributed by atoms with Crippen LogP contribution in [-0.2, 0) is 6.18 Å². The van der Waals surface area contributed by atoms with Crippen LogP contribution in [0.5, 0.6) is 0 Å². The molecule has 0 aliphatic heterocycles. The summed E-state index contributed by atoms with van der Waals surface area (Å²) >= 11 is 0. The number of carbonyl (C=O) groups is 1. The summed E-state index contributed by atoms with van der Waals surface area (Å²) in [6.45, 7) is 1.59. The van der Waals surface area contributed by atoms with Crippen molar-refractivity contribution in [1.29, 1.82) is 0 Å². The number of hydrogen-bond acceptors (Lipinski definition) is 4. The van der Waals surface area contributed by atoms with Crippen LogP contribution in [0.1, 0.15) is 21.9 Å². The fourth-order valence-electron chi connectivity index (χ4n) is 2.44. The maximum absolute atomic E-state index is 13.1. The van der Waals surface area contributed by atoms with Gasteiger partial charge in [-0.3, -0.25) is 4.79 Å². The summed E-state index contributed by atoms with van der Waals surface area (Å²) in [5.41, 5.74) is -0.544. The number of amides is 1. The molecule has 0 aliphatic carbocycles. The molecule has 0 unspecified atom stereocenters. The SMILES string of the molecule is Cc1nc(Nc2ccccc2)cc(C(=O)Nc2ccccc2C(F)(F)F)n1. The molecule has 27 heavy (non-hydrogen) atoms. The summed E-state index contributed by atoms with van der Waals surface area (Å²) < 4.78 is 39.3. The van der Waals surface area contributed by atoms with Gasteiger partial charge in [0.1, 0.15) is 17.3 Å². The first kappa shape index (κ1) is 18.4. The van der Waals surface area contributed by atoms with Crippen LogP contribution in [0.15, 0.2) is 60.7 Å². The molecule has 8 heteroatoms. The maximum Gasteiger partial charge on any atom is 0.418 e. The Balaban J connectivity index is 1.86. The van der Waals surface area contributed by atoms with E-state index in [4.69, 9.17) is 0 Å². The van der Waals surface area contributed by atoms with Gasteiger partial charge in [0.15, 0.2) is 0 Å². The van der Waals surface area contributed by atoms with E-state index in [1.807, 2.05) is 30.3 Å². The van der Waals surface area contributed by atoms with Crippen LogP contribution in [0.2, 0.25) is 0 Å². The molecule has 3 rings (SSSR count). The molecule has 3 aromatic rings. The lowest BCUT2D eigenvalue weighted by atomic mass is 10.1. The van der Waals surface area contributed by atoms with Crippen molar-refractivity contribution < 1.29 is 18.0 Å². The highest BCUT2D eigenvalue weighted by molar-refractivity contribution is 6.03. The number of anilines is 3. The molecule has 1 aromatic heterocycles. The highest BCUT2D eigenvalue weighted by atomic mass is 19.4. The number of aromatic nitrogens is 2. The van der Waals surface area contributed by atoms with Gasteiger partial charge in [-0.25, -0.2) is 9.97 Å². The highest BCUT2D eigenvalue weighted by Crippen LogP contribution is 2.34. The molecule has 0 saturated carbocycles. The van der Waals surface area contributed by atoms with Gasteiger partial charge in [-0.15, -0.1) is 0 Å². The van der Waals surface area contributed by atoms with E-state index in [-0.39, 0.29) is 11.4 Å². The normalized spacial score (nSPS) is 11.1. The minimum absolute atomic E-state index is 0.0436. The van der Waals surface area contributed by atoms with Crippen molar-refractivity contribution >= 4 is 23.1 Å². The Labute approximate surface area is 153 Å². The zero-order valence-corrected chi connectivity index (χ0v) is 14.2. The Kier molecular flexibility index (Phi) is 5.07. The molecule has 0 aliphatic rings. The number of rotatable bonds is 4. The molecule has 0 spiro atoms. The average Bonchev–Trinajstić information content (AvgIpc) is 2.61. The first-order valence-corrected chi connectivity index (χ1v) is 7.98. The summed E-state index contributed by atoms with van der Waals surface area (Å²) in [5, 5.41) is 5.30. The first-order valence-electron chi connectivity index (χ1n) is 7.98. The quantitative estimate of drug-likeness (QED) is 0.690. The van der Waals surface area contributed by atoms with Crippen LogP contribution in [0, 0.1) is 6.92 Å². The predicted molar refractivity (Wildman–Crippen MR) is 95.9 cm³/mol. The number of hydrogen-bond donors (Lipinski definition) is 2. The van der Waals surface area contributed by atoms with Gasteiger partial charge in [-0.05, 0) is 31.2 Å². The van der Waals surface area contributed by atoms with E-state index in [1.165, 1.54) is 24.3 Å². The molecule has 2 N–H and O–H groups in total. The monoisotopic (exact) mass is 372 g/mol. The van der Waals surface area contributed by atoms with E-state index in [0.717, 1.165) is 11.8 Å². The average molecular weight is 372 g/mol. The molecule has 2 aromatic carbocycles. The van der Waals surface area contributed by atoms with Crippen LogP contribution in [0.4, 0.5) is 30.4 Å². The smallest absolute Gasteiger partial charge is 0.340 e. The highest BCUT2D eigenvalue weighted by Gasteiger charge is 2.33.